The smallest absolute Gasteiger partial charge is 0.135 e. The van der Waals surface area contributed by atoms with E-state index in [0.29, 0.717) is 0 Å². The Balaban J connectivity index is 2.21. The minimum absolute atomic E-state index is 0.886. The van der Waals surface area contributed by atoms with Gasteiger partial charge in [-0.15, -0.1) is 0 Å². The van der Waals surface area contributed by atoms with Crippen molar-refractivity contribution >= 4 is 11.0 Å². The first-order chi connectivity index (χ1) is 7.43. The third-order valence-electron chi connectivity index (χ3n) is 2.40. The maximum atomic E-state index is 5.72. The lowest BCUT2D eigenvalue weighted by Crippen LogP contribution is -1.69. The van der Waals surface area contributed by atoms with Crippen molar-refractivity contribution in [3.8, 4) is 11.3 Å². The van der Waals surface area contributed by atoms with E-state index in [1.165, 1.54) is 0 Å². The lowest BCUT2D eigenvalue weighted by Gasteiger charge is -1.93. The van der Waals surface area contributed by atoms with E-state index in [9.17, 15) is 0 Å². The molecule has 0 aliphatic rings. The molecule has 0 atom stereocenters. The predicted octanol–water partition coefficient (Wildman–Crippen LogP) is 3.90. The molecule has 0 amide bonds. The molecule has 0 saturated heterocycles. The van der Waals surface area contributed by atoms with Gasteiger partial charge in [-0.1, -0.05) is 42.5 Å². The van der Waals surface area contributed by atoms with Crippen molar-refractivity contribution in [2.75, 3.05) is 0 Å². The molecule has 1 nitrogen and oxygen atoms in total. The van der Waals surface area contributed by atoms with Crippen LogP contribution in [0.1, 0.15) is 0 Å². The van der Waals surface area contributed by atoms with Crippen LogP contribution in [0.25, 0.3) is 22.3 Å². The van der Waals surface area contributed by atoms with E-state index in [1.807, 2.05) is 54.6 Å². The van der Waals surface area contributed by atoms with Gasteiger partial charge >= 0.3 is 0 Å². The van der Waals surface area contributed by atoms with Crippen LogP contribution < -0.4 is 0 Å². The van der Waals surface area contributed by atoms with Crippen LogP contribution in [0, 0.1) is 6.07 Å². The molecular weight excluding hydrogens is 184 g/mol. The van der Waals surface area contributed by atoms with Gasteiger partial charge in [0.05, 0.1) is 0 Å². The summed E-state index contributed by atoms with van der Waals surface area (Å²) in [5.74, 6) is 0.896. The summed E-state index contributed by atoms with van der Waals surface area (Å²) in [6.07, 6.45) is 0. The molecule has 0 unspecified atom stereocenters. The van der Waals surface area contributed by atoms with E-state index in [4.69, 9.17) is 4.42 Å². The van der Waals surface area contributed by atoms with Gasteiger partial charge in [-0.05, 0) is 18.2 Å². The minimum Gasteiger partial charge on any atom is -0.456 e. The third-order valence-corrected chi connectivity index (χ3v) is 2.40. The zero-order valence-corrected chi connectivity index (χ0v) is 8.10. The molecule has 3 rings (SSSR count). The van der Waals surface area contributed by atoms with Crippen LogP contribution in [0.3, 0.4) is 0 Å². The van der Waals surface area contributed by atoms with Crippen LogP contribution in [-0.4, -0.2) is 0 Å². The van der Waals surface area contributed by atoms with Crippen molar-refractivity contribution in [2.24, 2.45) is 0 Å². The van der Waals surface area contributed by atoms with E-state index in [-0.39, 0.29) is 0 Å². The molecule has 0 aliphatic carbocycles. The molecular formula is C14H9O. The zero-order valence-electron chi connectivity index (χ0n) is 8.10. The van der Waals surface area contributed by atoms with Gasteiger partial charge in [0.1, 0.15) is 11.3 Å². The molecule has 0 bridgehead atoms. The Morgan fingerprint density at radius 2 is 1.80 bits per heavy atom. The molecule has 71 valence electrons. The van der Waals surface area contributed by atoms with E-state index in [2.05, 4.69) is 6.07 Å². The molecule has 2 aromatic carbocycles. The average molecular weight is 193 g/mol. The van der Waals surface area contributed by atoms with Gasteiger partial charge in [0.2, 0.25) is 0 Å². The highest BCUT2D eigenvalue weighted by Crippen LogP contribution is 2.26. The summed E-state index contributed by atoms with van der Waals surface area (Å²) in [5.41, 5.74) is 1.98. The van der Waals surface area contributed by atoms with Gasteiger partial charge in [-0.2, -0.15) is 0 Å². The quantitative estimate of drug-likeness (QED) is 0.571. The van der Waals surface area contributed by atoms with Crippen molar-refractivity contribution in [1.29, 1.82) is 0 Å². The highest BCUT2D eigenvalue weighted by atomic mass is 16.3. The van der Waals surface area contributed by atoms with Crippen LogP contribution in [0.2, 0.25) is 0 Å². The first-order valence-corrected chi connectivity index (χ1v) is 4.89. The van der Waals surface area contributed by atoms with Gasteiger partial charge in [0.15, 0.2) is 0 Å². The Hall–Kier alpha value is -2.02. The van der Waals surface area contributed by atoms with Crippen molar-refractivity contribution < 1.29 is 4.42 Å². The van der Waals surface area contributed by atoms with Crippen LogP contribution in [0.15, 0.2) is 59.0 Å². The second kappa shape index (κ2) is 3.28. The summed E-state index contributed by atoms with van der Waals surface area (Å²) in [5, 5.41) is 1.02. The van der Waals surface area contributed by atoms with Crippen LogP contribution in [0.5, 0.6) is 0 Å². The highest BCUT2D eigenvalue weighted by molar-refractivity contribution is 5.82. The molecule has 3 aromatic rings. The molecule has 0 N–H and O–H groups in total. The van der Waals surface area contributed by atoms with E-state index in [1.54, 1.807) is 0 Å². The van der Waals surface area contributed by atoms with Crippen LogP contribution in [-0.2, 0) is 0 Å². The van der Waals surface area contributed by atoms with Gasteiger partial charge in [0, 0.05) is 10.9 Å². The summed E-state index contributed by atoms with van der Waals surface area (Å²) in [6, 6.07) is 21.0. The maximum Gasteiger partial charge on any atom is 0.135 e. The normalized spacial score (nSPS) is 10.7. The number of hydrogen-bond donors (Lipinski definition) is 0. The maximum absolute atomic E-state index is 5.72. The van der Waals surface area contributed by atoms with E-state index in [0.717, 1.165) is 22.3 Å². The molecule has 1 heterocycles. The third kappa shape index (κ3) is 1.42. The van der Waals surface area contributed by atoms with Crippen molar-refractivity contribution in [1.82, 2.24) is 0 Å². The average Bonchev–Trinajstić information content (AvgIpc) is 2.74. The number of furan rings is 1. The molecule has 1 radical (unpaired) electrons. The van der Waals surface area contributed by atoms with Crippen molar-refractivity contribution in [3.05, 3.63) is 60.7 Å². The fraction of sp³-hybridized carbons (Fsp3) is 0. The Morgan fingerprint density at radius 1 is 0.933 bits per heavy atom. The topological polar surface area (TPSA) is 13.1 Å². The van der Waals surface area contributed by atoms with E-state index >= 15 is 0 Å². The number of hydrogen-bond acceptors (Lipinski definition) is 1. The molecule has 15 heavy (non-hydrogen) atoms. The van der Waals surface area contributed by atoms with E-state index < -0.39 is 0 Å². The summed E-state index contributed by atoms with van der Waals surface area (Å²) < 4.78 is 5.72. The Bertz CT molecular complexity index is 545. The SMILES string of the molecule is [c]1cccc2oc(-c3ccccc3)cc12. The van der Waals surface area contributed by atoms with Gasteiger partial charge in [0.25, 0.3) is 0 Å². The fourth-order valence-electron chi connectivity index (χ4n) is 1.66. The Morgan fingerprint density at radius 3 is 2.60 bits per heavy atom. The zero-order chi connectivity index (χ0) is 10.1. The standard InChI is InChI=1S/C14H9O/c1-2-6-11(7-3-1)14-10-12-8-4-5-9-13(12)15-14/h1-7,9-10H. The summed E-state index contributed by atoms with van der Waals surface area (Å²) >= 11 is 0. The second-order valence-electron chi connectivity index (χ2n) is 3.42. The minimum atomic E-state index is 0.886. The van der Waals surface area contributed by atoms with Gasteiger partial charge in [-0.25, -0.2) is 0 Å². The number of fused-ring (bicyclic) bond motifs is 1. The van der Waals surface area contributed by atoms with Crippen molar-refractivity contribution in [2.45, 2.75) is 0 Å². The first-order valence-electron chi connectivity index (χ1n) is 4.89. The van der Waals surface area contributed by atoms with Gasteiger partial charge in [-0.3, -0.25) is 0 Å². The number of benzene rings is 2. The molecule has 1 heteroatoms. The first kappa shape index (κ1) is 8.30. The van der Waals surface area contributed by atoms with Crippen LogP contribution in [0.4, 0.5) is 0 Å². The molecule has 0 spiro atoms. The summed E-state index contributed by atoms with van der Waals surface area (Å²) in [4.78, 5) is 0. The molecule has 0 aliphatic heterocycles. The summed E-state index contributed by atoms with van der Waals surface area (Å²) in [7, 11) is 0. The predicted molar refractivity (Wildman–Crippen MR) is 60.5 cm³/mol. The lowest BCUT2D eigenvalue weighted by atomic mass is 10.1. The Kier molecular flexibility index (Phi) is 1.82. The molecule has 0 fully saturated rings. The second-order valence-corrected chi connectivity index (χ2v) is 3.42. The number of rotatable bonds is 1. The highest BCUT2D eigenvalue weighted by Gasteiger charge is 2.04. The fourth-order valence-corrected chi connectivity index (χ4v) is 1.66. The van der Waals surface area contributed by atoms with Gasteiger partial charge < -0.3 is 4.42 Å². The monoisotopic (exact) mass is 193 g/mol. The van der Waals surface area contributed by atoms with Crippen molar-refractivity contribution in [3.63, 3.8) is 0 Å². The molecule has 1 aromatic heterocycles. The lowest BCUT2D eigenvalue weighted by molar-refractivity contribution is 0.631. The Labute approximate surface area is 88.0 Å². The van der Waals surface area contributed by atoms with Crippen LogP contribution >= 0.6 is 0 Å². The summed E-state index contributed by atoms with van der Waals surface area (Å²) in [6.45, 7) is 0. The molecule has 0 saturated carbocycles. The largest absolute Gasteiger partial charge is 0.456 e.